The van der Waals surface area contributed by atoms with E-state index in [1.54, 1.807) is 62.0 Å². The molecule has 460 valence electrons. The number of carbonyl (C=O) groups excluding carboxylic acids is 5. The molecule has 0 saturated heterocycles. The molecule has 2 aromatic heterocycles. The lowest BCUT2D eigenvalue weighted by Crippen LogP contribution is -2.45. The van der Waals surface area contributed by atoms with Crippen molar-refractivity contribution in [1.82, 2.24) is 40.9 Å². The number of nitrogens with two attached hydrogens (primary N) is 1. The average molecular weight is 1180 g/mol. The molecule has 0 fully saturated rings. The average Bonchev–Trinajstić information content (AvgIpc) is 3.91. The highest BCUT2D eigenvalue weighted by Crippen LogP contribution is 2.18. The first-order chi connectivity index (χ1) is 39.5. The molecule has 3 aromatic rings. The smallest absolute Gasteiger partial charge is 0.311 e. The second-order valence-electron chi connectivity index (χ2n) is 19.3. The van der Waals surface area contributed by atoms with E-state index >= 15 is 0 Å². The number of sulfone groups is 1. The highest BCUT2D eigenvalue weighted by atomic mass is 32.2. The van der Waals surface area contributed by atoms with E-state index in [4.69, 9.17) is 53.1 Å². The van der Waals surface area contributed by atoms with Gasteiger partial charge in [-0.05, 0) is 77.1 Å². The number of anilines is 1. The van der Waals surface area contributed by atoms with Gasteiger partial charge in [0.05, 0.1) is 130 Å². The van der Waals surface area contributed by atoms with Crippen LogP contribution in [0.4, 0.5) is 5.69 Å². The van der Waals surface area contributed by atoms with Gasteiger partial charge in [0.2, 0.25) is 38.6 Å². The summed E-state index contributed by atoms with van der Waals surface area (Å²) in [6.07, 6.45) is 12.6. The summed E-state index contributed by atoms with van der Waals surface area (Å²) < 4.78 is 79.4. The molecule has 0 saturated carbocycles. The predicted molar refractivity (Wildman–Crippen MR) is 299 cm³/mol. The summed E-state index contributed by atoms with van der Waals surface area (Å²) in [5.74, 6) is -1.81. The van der Waals surface area contributed by atoms with Crippen molar-refractivity contribution in [3.05, 3.63) is 65.8 Å². The zero-order chi connectivity index (χ0) is 59.5. The molecule has 4 amide bonds. The molecule has 0 radical (unpaired) electrons. The van der Waals surface area contributed by atoms with Crippen LogP contribution in [0.5, 0.6) is 0 Å². The quantitative estimate of drug-likeness (QED) is 0.0304. The number of rotatable bonds is 48. The molecular formula is C54H86N10O17S. The summed E-state index contributed by atoms with van der Waals surface area (Å²) in [4.78, 5) is 69.9. The lowest BCUT2D eigenvalue weighted by atomic mass is 9.97. The van der Waals surface area contributed by atoms with Gasteiger partial charge in [0, 0.05) is 42.9 Å². The molecule has 1 aromatic carbocycles. The summed E-state index contributed by atoms with van der Waals surface area (Å²) >= 11 is 0. The Hall–Kier alpha value is -5.92. The number of hydrogen-bond donors (Lipinski definition) is 5. The predicted octanol–water partition coefficient (Wildman–Crippen LogP) is 1.58. The second kappa shape index (κ2) is 42.8. The molecule has 0 aliphatic rings. The Morgan fingerprint density at radius 2 is 1.23 bits per heavy atom. The zero-order valence-corrected chi connectivity index (χ0v) is 48.8. The zero-order valence-electron chi connectivity index (χ0n) is 47.9. The first-order valence-electron chi connectivity index (χ1n) is 27.4. The third-order valence-corrected chi connectivity index (χ3v) is 11.9. The highest BCUT2D eigenvalue weighted by molar-refractivity contribution is 7.90. The molecule has 1 atom stereocenters. The number of benzene rings is 1. The molecule has 0 bridgehead atoms. The van der Waals surface area contributed by atoms with Crippen molar-refractivity contribution in [1.29, 1.82) is 0 Å². The minimum Gasteiger partial charge on any atom is -0.460 e. The minimum absolute atomic E-state index is 0.0993. The largest absolute Gasteiger partial charge is 0.460 e. The van der Waals surface area contributed by atoms with Gasteiger partial charge in [-0.1, -0.05) is 29.5 Å². The number of esters is 1. The molecule has 0 unspecified atom stereocenters. The summed E-state index contributed by atoms with van der Waals surface area (Å²) in [5.41, 5.74) is 7.59. The lowest BCUT2D eigenvalue weighted by molar-refractivity contribution is -0.154. The van der Waals surface area contributed by atoms with Crippen LogP contribution in [0.25, 0.3) is 6.08 Å². The maximum absolute atomic E-state index is 13.1. The van der Waals surface area contributed by atoms with Crippen molar-refractivity contribution >= 4 is 51.2 Å². The topological polar surface area (TPSA) is 342 Å². The lowest BCUT2D eigenvalue weighted by Gasteiger charge is -2.19. The van der Waals surface area contributed by atoms with Crippen LogP contribution in [0, 0.1) is 5.41 Å². The molecule has 3 rings (SSSR count). The van der Waals surface area contributed by atoms with E-state index in [0.717, 1.165) is 11.8 Å². The van der Waals surface area contributed by atoms with Crippen LogP contribution < -0.4 is 27.0 Å². The molecule has 0 aliphatic heterocycles. The first kappa shape index (κ1) is 70.3. The van der Waals surface area contributed by atoms with Gasteiger partial charge in [-0.25, -0.2) is 23.1 Å². The molecule has 27 nitrogen and oxygen atoms in total. The Morgan fingerprint density at radius 1 is 0.683 bits per heavy atom. The van der Waals surface area contributed by atoms with Crippen LogP contribution in [-0.2, 0) is 101 Å². The van der Waals surface area contributed by atoms with E-state index < -0.39 is 45.6 Å². The van der Waals surface area contributed by atoms with Crippen molar-refractivity contribution in [3.8, 4) is 0 Å². The van der Waals surface area contributed by atoms with E-state index in [-0.39, 0.29) is 49.9 Å². The van der Waals surface area contributed by atoms with E-state index in [9.17, 15) is 32.4 Å². The van der Waals surface area contributed by atoms with Gasteiger partial charge < -0.3 is 74.4 Å². The molecular weight excluding hydrogens is 1090 g/mol. The first-order valence-corrected chi connectivity index (χ1v) is 29.3. The van der Waals surface area contributed by atoms with E-state index in [1.165, 1.54) is 12.4 Å². The van der Waals surface area contributed by atoms with Crippen LogP contribution >= 0.6 is 0 Å². The molecule has 28 heteroatoms. The summed E-state index contributed by atoms with van der Waals surface area (Å²) in [6.45, 7) is 12.5. The van der Waals surface area contributed by atoms with Gasteiger partial charge in [-0.2, -0.15) is 0 Å². The Kier molecular flexibility index (Phi) is 36.7. The number of allylic oxidation sites excluding steroid dienone is 1. The summed E-state index contributed by atoms with van der Waals surface area (Å²) in [6, 6.07) is 6.01. The molecule has 82 heavy (non-hydrogen) atoms. The van der Waals surface area contributed by atoms with Gasteiger partial charge >= 0.3 is 5.97 Å². The van der Waals surface area contributed by atoms with Crippen LogP contribution in [0.2, 0.25) is 0 Å². The molecule has 0 aliphatic carbocycles. The number of hydrogen-bond acceptors (Lipinski definition) is 22. The Labute approximate surface area is 481 Å². The van der Waals surface area contributed by atoms with Gasteiger partial charge in [0.25, 0.3) is 0 Å². The maximum Gasteiger partial charge on any atom is 0.311 e. The van der Waals surface area contributed by atoms with Crippen LogP contribution in [0.15, 0.2) is 54.1 Å². The molecule has 6 N–H and O–H groups in total. The molecule has 0 spiro atoms. The number of aromatic nitrogens is 5. The van der Waals surface area contributed by atoms with Crippen molar-refractivity contribution in [2.45, 2.75) is 90.2 Å². The standard InChI is InChI=1S/C54H86N10O17S/c1-54(2,3)52(69)81-40-43-13-15-45(16-14-43)60-51(68)47(11-8-9-17-55)61-50(67)42-80-41-49(66)56-18-20-72-22-24-74-26-28-76-30-32-78-34-35-79-33-31-77-29-27-75-25-23-73-21-19-64-39-46(62-63-64)38-57-48(65)12-7-5-6-10-44-36-58-53(59-37-44)82(4,70)71/h6,10,13-16,36-37,39,47H,5,7-9,11-12,17-35,38,40-42,55H2,1-4H3,(H,56,66)(H,57,65)(H,60,68)(H,61,67)/b10-6+/t47-/m0/s1. The third kappa shape index (κ3) is 35.2. The monoisotopic (exact) mass is 1180 g/mol. The number of carbonyl (C=O) groups is 5. The normalized spacial score (nSPS) is 12.1. The Morgan fingerprint density at radius 3 is 1.78 bits per heavy atom. The van der Waals surface area contributed by atoms with Crippen LogP contribution in [0.1, 0.15) is 76.1 Å². The van der Waals surface area contributed by atoms with Crippen LogP contribution in [-0.4, -0.2) is 207 Å². The fraction of sp³-hybridized carbons (Fsp3) is 0.648. The molecule has 2 heterocycles. The fourth-order valence-electron chi connectivity index (χ4n) is 6.64. The minimum atomic E-state index is -3.44. The van der Waals surface area contributed by atoms with E-state index in [2.05, 4.69) is 41.5 Å². The van der Waals surface area contributed by atoms with Gasteiger partial charge in [0.1, 0.15) is 31.6 Å². The van der Waals surface area contributed by atoms with Gasteiger partial charge in [0.15, 0.2) is 0 Å². The summed E-state index contributed by atoms with van der Waals surface area (Å²) in [5, 5.41) is 18.9. The summed E-state index contributed by atoms with van der Waals surface area (Å²) in [7, 11) is -3.44. The SMILES string of the molecule is CC(C)(C)C(=O)OCc1ccc(NC(=O)[C@H](CCCCN)NC(=O)COCC(=O)NCCOCCOCCOCCOCCOCCOCCOCCOCCn2cc(CNC(=O)CCC/C=C/c3cnc(S(C)(=O)=O)nc3)nn2)cc1. The Bertz CT molecular complexity index is 2390. The van der Waals surface area contributed by atoms with E-state index in [0.29, 0.717) is 168 Å². The fourth-order valence-corrected chi connectivity index (χ4v) is 7.12. The van der Waals surface area contributed by atoms with Crippen molar-refractivity contribution in [3.63, 3.8) is 0 Å². The number of nitrogens with zero attached hydrogens (tertiary/aromatic N) is 5. The van der Waals surface area contributed by atoms with Crippen molar-refractivity contribution < 1.29 is 79.8 Å². The van der Waals surface area contributed by atoms with Crippen molar-refractivity contribution in [2.75, 3.05) is 144 Å². The van der Waals surface area contributed by atoms with E-state index in [1.807, 2.05) is 6.08 Å². The van der Waals surface area contributed by atoms with Crippen LogP contribution in [0.3, 0.4) is 0 Å². The number of unbranched alkanes of at least 4 members (excludes halogenated alkanes) is 2. The third-order valence-electron chi connectivity index (χ3n) is 11.0. The number of amides is 4. The number of nitrogens with one attached hydrogen (secondary N) is 4. The number of ether oxygens (including phenoxy) is 10. The van der Waals surface area contributed by atoms with Gasteiger partial charge in [-0.15, -0.1) is 5.10 Å². The Balaban J connectivity index is 1.02. The second-order valence-corrected chi connectivity index (χ2v) is 21.2. The highest BCUT2D eigenvalue weighted by Gasteiger charge is 2.24. The maximum atomic E-state index is 13.1. The van der Waals surface area contributed by atoms with Crippen molar-refractivity contribution in [2.24, 2.45) is 11.1 Å². The van der Waals surface area contributed by atoms with Gasteiger partial charge in [-0.3, -0.25) is 24.0 Å².